The molecule has 0 aliphatic rings. The second-order valence-electron chi connectivity index (χ2n) is 13.8. The maximum atomic E-state index is 13.4. The molecule has 8 nitrogen and oxygen atoms in total. The van der Waals surface area contributed by atoms with Crippen LogP contribution in [0.2, 0.25) is 0 Å². The zero-order valence-electron chi connectivity index (χ0n) is 31.1. The molecule has 6 rings (SSSR count). The lowest BCUT2D eigenvalue weighted by Gasteiger charge is -2.27. The third-order valence-electron chi connectivity index (χ3n) is 9.06. The van der Waals surface area contributed by atoms with Crippen LogP contribution in [0.15, 0.2) is 143 Å². The Labute approximate surface area is 316 Å². The predicted molar refractivity (Wildman–Crippen MR) is 219 cm³/mol. The van der Waals surface area contributed by atoms with Gasteiger partial charge in [-0.2, -0.15) is 0 Å². The maximum Gasteiger partial charge on any atom is 0.413 e. The van der Waals surface area contributed by atoms with Crippen molar-refractivity contribution >= 4 is 46.3 Å². The van der Waals surface area contributed by atoms with Gasteiger partial charge in [-0.3, -0.25) is 4.79 Å². The SMILES string of the molecule is CC(C)NC(=O)Oc1ccc2c(=O)cc(-c3ccc(CCCC[P+](c4ccccc4)(c4ccccc4)c4ccccc4)cc3)oc2c1OC(=O)NC(C)C. The molecule has 0 aliphatic heterocycles. The van der Waals surface area contributed by atoms with Crippen LogP contribution in [-0.4, -0.2) is 30.4 Å². The van der Waals surface area contributed by atoms with Crippen molar-refractivity contribution in [1.29, 1.82) is 0 Å². The lowest BCUT2D eigenvalue weighted by atomic mass is 10.0. The molecule has 5 aromatic carbocycles. The second-order valence-corrected chi connectivity index (χ2v) is 17.4. The molecule has 1 aromatic heterocycles. The number of nitrogens with one attached hydrogen (secondary N) is 2. The summed E-state index contributed by atoms with van der Waals surface area (Å²) in [5, 5.41) is 9.63. The van der Waals surface area contributed by atoms with E-state index in [1.807, 2.05) is 12.1 Å². The molecule has 9 heteroatoms. The molecule has 0 spiro atoms. The van der Waals surface area contributed by atoms with Gasteiger partial charge in [-0.1, -0.05) is 78.9 Å². The van der Waals surface area contributed by atoms with Crippen molar-refractivity contribution in [3.63, 3.8) is 0 Å². The number of aryl methyl sites for hydroxylation is 1. The number of amides is 2. The van der Waals surface area contributed by atoms with Gasteiger partial charge in [-0.15, -0.1) is 0 Å². The zero-order chi connectivity index (χ0) is 38.1. The number of ether oxygens (including phenoxy) is 2. The lowest BCUT2D eigenvalue weighted by molar-refractivity contribution is 0.187. The first-order valence-corrected chi connectivity index (χ1v) is 20.3. The van der Waals surface area contributed by atoms with Crippen molar-refractivity contribution in [1.82, 2.24) is 10.6 Å². The Morgan fingerprint density at radius 3 is 1.69 bits per heavy atom. The number of fused-ring (bicyclic) bond motifs is 1. The second kappa shape index (κ2) is 17.4. The van der Waals surface area contributed by atoms with E-state index < -0.39 is 19.4 Å². The normalized spacial score (nSPS) is 11.4. The summed E-state index contributed by atoms with van der Waals surface area (Å²) < 4.78 is 17.4. The van der Waals surface area contributed by atoms with Crippen LogP contribution in [0, 0.1) is 0 Å². The van der Waals surface area contributed by atoms with E-state index in [-0.39, 0.29) is 40.0 Å². The summed E-state index contributed by atoms with van der Waals surface area (Å²) in [6, 6.07) is 44.7. The smallest absolute Gasteiger partial charge is 0.413 e. The van der Waals surface area contributed by atoms with Crippen LogP contribution >= 0.6 is 7.26 Å². The molecule has 0 radical (unpaired) electrons. The van der Waals surface area contributed by atoms with E-state index in [2.05, 4.69) is 114 Å². The molecular weight excluding hydrogens is 695 g/mol. The van der Waals surface area contributed by atoms with E-state index in [0.717, 1.165) is 25.4 Å². The molecule has 0 aliphatic carbocycles. The molecule has 0 saturated heterocycles. The van der Waals surface area contributed by atoms with E-state index in [9.17, 15) is 14.4 Å². The van der Waals surface area contributed by atoms with Crippen molar-refractivity contribution < 1.29 is 23.5 Å². The maximum absolute atomic E-state index is 13.4. The minimum Gasteiger partial charge on any atom is -0.452 e. The van der Waals surface area contributed by atoms with Gasteiger partial charge in [0.2, 0.25) is 5.75 Å². The largest absolute Gasteiger partial charge is 0.452 e. The van der Waals surface area contributed by atoms with Crippen LogP contribution in [0.3, 0.4) is 0 Å². The van der Waals surface area contributed by atoms with Gasteiger partial charge in [0.05, 0.1) is 11.5 Å². The molecule has 0 atom stereocenters. The van der Waals surface area contributed by atoms with E-state index >= 15 is 0 Å². The highest BCUT2D eigenvalue weighted by atomic mass is 31.2. The third-order valence-corrected chi connectivity index (χ3v) is 13.6. The average Bonchev–Trinajstić information content (AvgIpc) is 3.16. The number of unbranched alkanes of at least 4 members (excludes halogenated alkanes) is 1. The van der Waals surface area contributed by atoms with Crippen molar-refractivity contribution in [2.75, 3.05) is 6.16 Å². The van der Waals surface area contributed by atoms with E-state index in [1.54, 1.807) is 27.7 Å². The number of hydrogen-bond donors (Lipinski definition) is 2. The first kappa shape index (κ1) is 38.0. The number of benzene rings is 5. The Morgan fingerprint density at radius 1 is 0.648 bits per heavy atom. The Morgan fingerprint density at radius 2 is 1.17 bits per heavy atom. The van der Waals surface area contributed by atoms with Crippen LogP contribution < -0.4 is 41.4 Å². The van der Waals surface area contributed by atoms with Crippen molar-refractivity contribution in [3.05, 3.63) is 149 Å². The fourth-order valence-corrected chi connectivity index (χ4v) is 11.0. The number of rotatable bonds is 13. The van der Waals surface area contributed by atoms with E-state index in [4.69, 9.17) is 13.9 Å². The van der Waals surface area contributed by atoms with Crippen LogP contribution in [-0.2, 0) is 6.42 Å². The minimum atomic E-state index is -1.89. The number of carbonyl (C=O) groups excluding carboxylic acids is 2. The minimum absolute atomic E-state index is 0.00241. The van der Waals surface area contributed by atoms with E-state index in [1.165, 1.54) is 39.7 Å². The molecule has 276 valence electrons. The molecular formula is C45H46N2O6P+. The molecule has 1 heterocycles. The molecule has 0 saturated carbocycles. The third kappa shape index (κ3) is 8.90. The summed E-state index contributed by atoms with van der Waals surface area (Å²) >= 11 is 0. The van der Waals surface area contributed by atoms with Gasteiger partial charge in [-0.25, -0.2) is 9.59 Å². The lowest BCUT2D eigenvalue weighted by Crippen LogP contribution is -2.34. The van der Waals surface area contributed by atoms with Gasteiger partial charge < -0.3 is 24.5 Å². The Bertz CT molecular complexity index is 2140. The highest BCUT2D eigenvalue weighted by Gasteiger charge is 2.44. The van der Waals surface area contributed by atoms with Crippen molar-refractivity contribution in [2.24, 2.45) is 0 Å². The highest BCUT2D eigenvalue weighted by Crippen LogP contribution is 2.56. The molecule has 6 aromatic rings. The van der Waals surface area contributed by atoms with Crippen LogP contribution in [0.1, 0.15) is 46.1 Å². The Balaban J connectivity index is 1.24. The summed E-state index contributed by atoms with van der Waals surface area (Å²) in [4.78, 5) is 38.6. The van der Waals surface area contributed by atoms with Crippen LogP contribution in [0.5, 0.6) is 11.5 Å². The fraction of sp³-hybridized carbons (Fsp3) is 0.222. The summed E-state index contributed by atoms with van der Waals surface area (Å²) in [6.45, 7) is 7.16. The van der Waals surface area contributed by atoms with Gasteiger partial charge in [0, 0.05) is 23.7 Å². The monoisotopic (exact) mass is 741 g/mol. The number of hydrogen-bond acceptors (Lipinski definition) is 6. The summed E-state index contributed by atoms with van der Waals surface area (Å²) in [5.74, 6) is 0.0640. The van der Waals surface area contributed by atoms with Crippen molar-refractivity contribution in [2.45, 2.75) is 59.0 Å². The Kier molecular flexibility index (Phi) is 12.3. The molecule has 0 fully saturated rings. The molecule has 0 unspecified atom stereocenters. The van der Waals surface area contributed by atoms with Gasteiger partial charge in [0.15, 0.2) is 16.8 Å². The molecule has 2 N–H and O–H groups in total. The van der Waals surface area contributed by atoms with Crippen LogP contribution in [0.4, 0.5) is 9.59 Å². The van der Waals surface area contributed by atoms with Gasteiger partial charge in [0.25, 0.3) is 0 Å². The quantitative estimate of drug-likeness (QED) is 0.0906. The molecule has 54 heavy (non-hydrogen) atoms. The highest BCUT2D eigenvalue weighted by molar-refractivity contribution is 7.95. The average molecular weight is 742 g/mol. The molecule has 0 bridgehead atoms. The summed E-state index contributed by atoms with van der Waals surface area (Å²) in [7, 11) is -1.89. The molecule has 2 amide bonds. The Hall–Kier alpha value is -5.72. The van der Waals surface area contributed by atoms with E-state index in [0.29, 0.717) is 11.3 Å². The van der Waals surface area contributed by atoms with Gasteiger partial charge in [-0.05, 0) is 101 Å². The zero-order valence-corrected chi connectivity index (χ0v) is 32.0. The van der Waals surface area contributed by atoms with Crippen molar-refractivity contribution in [3.8, 4) is 22.8 Å². The number of carbonyl (C=O) groups is 2. The summed E-state index contributed by atoms with van der Waals surface area (Å²) in [5.41, 5.74) is 1.52. The first-order valence-electron chi connectivity index (χ1n) is 18.4. The predicted octanol–water partition coefficient (Wildman–Crippen LogP) is 8.77. The standard InChI is InChI=1S/C45H45N2O6P/c1-31(2)46-44(49)52-40-28-27-38-39(48)30-41(51-42(38)43(40)53-45(50)47-32(3)4)34-25-23-33(24-26-34)16-14-15-29-54(35-17-8-5-9-18-35,36-19-10-6-11-20-36)37-21-12-7-13-22-37/h5-13,17-28,30-32H,14-16,29H2,1-4H3,(H-,46,47,49,50)/p+1. The van der Waals surface area contributed by atoms with Gasteiger partial charge >= 0.3 is 12.2 Å². The summed E-state index contributed by atoms with van der Waals surface area (Å²) in [6.07, 6.45) is 2.48. The topological polar surface area (TPSA) is 107 Å². The first-order chi connectivity index (χ1) is 26.1. The van der Waals surface area contributed by atoms with Crippen LogP contribution in [0.25, 0.3) is 22.3 Å². The fourth-order valence-electron chi connectivity index (χ4n) is 6.61. The van der Waals surface area contributed by atoms with Gasteiger partial charge in [0.1, 0.15) is 28.9 Å².